The quantitative estimate of drug-likeness (QED) is 0.503. The standard InChI is InChI=1S/C31H48O2/c1-5-31(33)18-17-29(3)23(20-31)11-12-24-26-14-13-25(30(26,4)16-15-27(24)29)21(2)28(32)19-22-9-7-6-8-10-22/h6-10,21,23-28,32-33H,5,11-20H2,1-4H3/t21-,23-,24-,25+,26-,27-,28+,29-,30+,31-/m0/s1. The maximum Gasteiger partial charge on any atom is 0.0648 e. The van der Waals surface area contributed by atoms with Gasteiger partial charge in [-0.05, 0) is 123 Å². The van der Waals surface area contributed by atoms with E-state index in [9.17, 15) is 10.2 Å². The zero-order valence-electron chi connectivity index (χ0n) is 21.6. The van der Waals surface area contributed by atoms with Crippen molar-refractivity contribution in [3.8, 4) is 0 Å². The number of hydrogen-bond acceptors (Lipinski definition) is 2. The second-order valence-corrected chi connectivity index (χ2v) is 13.3. The maximum atomic E-state index is 11.2. The number of benzene rings is 1. The highest BCUT2D eigenvalue weighted by Gasteiger charge is 2.61. The fraction of sp³-hybridized carbons (Fsp3) is 0.806. The van der Waals surface area contributed by atoms with Crippen molar-refractivity contribution in [2.45, 2.75) is 110 Å². The topological polar surface area (TPSA) is 40.5 Å². The Bertz CT molecular complexity index is 821. The summed E-state index contributed by atoms with van der Waals surface area (Å²) in [6.07, 6.45) is 12.8. The van der Waals surface area contributed by atoms with Crippen molar-refractivity contribution in [3.63, 3.8) is 0 Å². The van der Waals surface area contributed by atoms with Crippen molar-refractivity contribution in [1.29, 1.82) is 0 Å². The monoisotopic (exact) mass is 452 g/mol. The minimum atomic E-state index is -0.400. The molecule has 0 bridgehead atoms. The number of aliphatic hydroxyl groups is 2. The third-order valence-electron chi connectivity index (χ3n) is 12.1. The molecule has 2 N–H and O–H groups in total. The fourth-order valence-corrected chi connectivity index (χ4v) is 9.86. The molecule has 2 nitrogen and oxygen atoms in total. The molecule has 10 atom stereocenters. The normalized spacial score (nSPS) is 46.7. The Labute approximate surface area is 202 Å². The molecule has 184 valence electrons. The summed E-state index contributed by atoms with van der Waals surface area (Å²) in [5.74, 6) is 4.26. The lowest BCUT2D eigenvalue weighted by Crippen LogP contribution is -2.56. The zero-order chi connectivity index (χ0) is 23.4. The Morgan fingerprint density at radius 3 is 2.36 bits per heavy atom. The van der Waals surface area contributed by atoms with Gasteiger partial charge in [-0.3, -0.25) is 0 Å². The van der Waals surface area contributed by atoms with Gasteiger partial charge in [0.15, 0.2) is 0 Å². The Morgan fingerprint density at radius 1 is 0.909 bits per heavy atom. The molecule has 0 saturated heterocycles. The Hall–Kier alpha value is -0.860. The molecule has 1 aromatic rings. The molecule has 5 rings (SSSR count). The molecule has 33 heavy (non-hydrogen) atoms. The predicted octanol–water partition coefficient (Wildman–Crippen LogP) is 7.03. The number of aliphatic hydroxyl groups excluding tert-OH is 1. The molecule has 4 aliphatic rings. The van der Waals surface area contributed by atoms with Crippen LogP contribution in [0.4, 0.5) is 0 Å². The van der Waals surface area contributed by atoms with Crippen LogP contribution in [0.25, 0.3) is 0 Å². The molecule has 0 spiro atoms. The SMILES string of the molecule is CC[C@]1(O)CC[C@@]2(C)[C@@H](CC[C@@H]3[C@@H]2CC[C@]2(C)[C@@H]([C@H](C)[C@H](O)Cc4ccccc4)CC[C@@H]32)C1. The van der Waals surface area contributed by atoms with Crippen molar-refractivity contribution in [2.24, 2.45) is 46.3 Å². The molecular formula is C31H48O2. The van der Waals surface area contributed by atoms with Gasteiger partial charge in [0.25, 0.3) is 0 Å². The molecule has 0 heterocycles. The van der Waals surface area contributed by atoms with E-state index in [4.69, 9.17) is 0 Å². The summed E-state index contributed by atoms with van der Waals surface area (Å²) in [6.45, 7) is 9.71. The van der Waals surface area contributed by atoms with Crippen LogP contribution in [0, 0.1) is 46.3 Å². The molecule has 0 amide bonds. The summed E-state index contributed by atoms with van der Waals surface area (Å²) < 4.78 is 0. The van der Waals surface area contributed by atoms with Crippen LogP contribution in [0.3, 0.4) is 0 Å². The van der Waals surface area contributed by atoms with E-state index in [0.29, 0.717) is 28.6 Å². The second-order valence-electron chi connectivity index (χ2n) is 13.3. The van der Waals surface area contributed by atoms with Crippen LogP contribution in [0.15, 0.2) is 30.3 Å². The van der Waals surface area contributed by atoms with E-state index >= 15 is 0 Å². The highest BCUT2D eigenvalue weighted by atomic mass is 16.3. The lowest BCUT2D eigenvalue weighted by atomic mass is 9.43. The van der Waals surface area contributed by atoms with E-state index in [2.05, 4.69) is 58.0 Å². The minimum Gasteiger partial charge on any atom is -0.392 e. The van der Waals surface area contributed by atoms with Crippen LogP contribution in [0.1, 0.15) is 97.5 Å². The summed E-state index contributed by atoms with van der Waals surface area (Å²) in [5, 5.41) is 22.3. The van der Waals surface area contributed by atoms with Crippen LogP contribution in [0.2, 0.25) is 0 Å². The molecule has 4 saturated carbocycles. The maximum absolute atomic E-state index is 11.2. The lowest BCUT2D eigenvalue weighted by molar-refractivity contribution is -0.154. The third-order valence-corrected chi connectivity index (χ3v) is 12.1. The second kappa shape index (κ2) is 8.66. The van der Waals surface area contributed by atoms with Crippen molar-refractivity contribution in [1.82, 2.24) is 0 Å². The predicted molar refractivity (Wildman–Crippen MR) is 136 cm³/mol. The zero-order valence-corrected chi connectivity index (χ0v) is 21.6. The highest BCUT2D eigenvalue weighted by molar-refractivity contribution is 5.16. The third kappa shape index (κ3) is 3.92. The van der Waals surface area contributed by atoms with Crippen LogP contribution < -0.4 is 0 Å². The van der Waals surface area contributed by atoms with Crippen LogP contribution in [-0.4, -0.2) is 21.9 Å². The summed E-state index contributed by atoms with van der Waals surface area (Å²) >= 11 is 0. The van der Waals surface area contributed by atoms with Gasteiger partial charge in [0.05, 0.1) is 11.7 Å². The van der Waals surface area contributed by atoms with Crippen molar-refractivity contribution < 1.29 is 10.2 Å². The number of fused-ring (bicyclic) bond motifs is 5. The molecule has 0 unspecified atom stereocenters. The van der Waals surface area contributed by atoms with Gasteiger partial charge in [-0.25, -0.2) is 0 Å². The van der Waals surface area contributed by atoms with Gasteiger partial charge in [-0.1, -0.05) is 58.0 Å². The minimum absolute atomic E-state index is 0.246. The molecule has 4 fully saturated rings. The summed E-state index contributed by atoms with van der Waals surface area (Å²) in [5.41, 5.74) is 1.68. The Morgan fingerprint density at radius 2 is 1.64 bits per heavy atom. The van der Waals surface area contributed by atoms with Crippen molar-refractivity contribution >= 4 is 0 Å². The van der Waals surface area contributed by atoms with Gasteiger partial charge in [0, 0.05) is 0 Å². The van der Waals surface area contributed by atoms with Gasteiger partial charge in [-0.15, -0.1) is 0 Å². The first kappa shape index (κ1) is 23.9. The van der Waals surface area contributed by atoms with Gasteiger partial charge < -0.3 is 10.2 Å². The fourth-order valence-electron chi connectivity index (χ4n) is 9.86. The first-order chi connectivity index (χ1) is 15.7. The van der Waals surface area contributed by atoms with Crippen LogP contribution >= 0.6 is 0 Å². The Balaban J connectivity index is 1.31. The molecule has 4 aliphatic carbocycles. The van der Waals surface area contributed by atoms with Crippen LogP contribution in [-0.2, 0) is 6.42 Å². The van der Waals surface area contributed by atoms with E-state index in [1.165, 1.54) is 50.5 Å². The highest BCUT2D eigenvalue weighted by Crippen LogP contribution is 2.69. The van der Waals surface area contributed by atoms with Gasteiger partial charge >= 0.3 is 0 Å². The summed E-state index contributed by atoms with van der Waals surface area (Å²) in [7, 11) is 0. The molecule has 1 aromatic carbocycles. The van der Waals surface area contributed by atoms with Crippen molar-refractivity contribution in [2.75, 3.05) is 0 Å². The van der Waals surface area contributed by atoms with Crippen molar-refractivity contribution in [3.05, 3.63) is 35.9 Å². The van der Waals surface area contributed by atoms with E-state index < -0.39 is 5.60 Å². The molecule has 0 aliphatic heterocycles. The average Bonchev–Trinajstić information content (AvgIpc) is 3.17. The smallest absolute Gasteiger partial charge is 0.0648 e. The summed E-state index contributed by atoms with van der Waals surface area (Å²) in [4.78, 5) is 0. The van der Waals surface area contributed by atoms with E-state index in [-0.39, 0.29) is 6.10 Å². The first-order valence-electron chi connectivity index (χ1n) is 14.1. The molecule has 0 aromatic heterocycles. The number of rotatable bonds is 5. The molecule has 2 heteroatoms. The Kier molecular flexibility index (Phi) is 6.26. The lowest BCUT2D eigenvalue weighted by Gasteiger charge is -2.62. The van der Waals surface area contributed by atoms with E-state index in [1.54, 1.807) is 0 Å². The van der Waals surface area contributed by atoms with E-state index in [1.807, 2.05) is 0 Å². The average molecular weight is 453 g/mol. The van der Waals surface area contributed by atoms with E-state index in [0.717, 1.165) is 43.4 Å². The van der Waals surface area contributed by atoms with Gasteiger partial charge in [0.1, 0.15) is 0 Å². The largest absolute Gasteiger partial charge is 0.392 e. The summed E-state index contributed by atoms with van der Waals surface area (Å²) in [6, 6.07) is 10.5. The molecule has 0 radical (unpaired) electrons. The van der Waals surface area contributed by atoms with Crippen LogP contribution in [0.5, 0.6) is 0 Å². The first-order valence-corrected chi connectivity index (χ1v) is 14.1. The van der Waals surface area contributed by atoms with Gasteiger partial charge in [0.2, 0.25) is 0 Å². The molecular weight excluding hydrogens is 404 g/mol. The van der Waals surface area contributed by atoms with Gasteiger partial charge in [-0.2, -0.15) is 0 Å². The number of hydrogen-bond donors (Lipinski definition) is 2.